The number of anilines is 1. The maximum Gasteiger partial charge on any atom is 0.253 e. The summed E-state index contributed by atoms with van der Waals surface area (Å²) in [6, 6.07) is 1.70. The Morgan fingerprint density at radius 1 is 1.50 bits per heavy atom. The van der Waals surface area contributed by atoms with Crippen molar-refractivity contribution in [2.75, 3.05) is 5.73 Å². The van der Waals surface area contributed by atoms with Crippen LogP contribution in [0.25, 0.3) is 0 Å². The number of pyridine rings is 1. The van der Waals surface area contributed by atoms with Crippen molar-refractivity contribution >= 4 is 11.6 Å². The van der Waals surface area contributed by atoms with E-state index in [0.717, 1.165) is 0 Å². The van der Waals surface area contributed by atoms with Crippen LogP contribution in [-0.4, -0.2) is 16.9 Å². The quantitative estimate of drug-likeness (QED) is 0.800. The second kappa shape index (κ2) is 4.51. The maximum absolute atomic E-state index is 11.9. The lowest BCUT2D eigenvalue weighted by Gasteiger charge is -2.28. The van der Waals surface area contributed by atoms with Gasteiger partial charge in [-0.05, 0) is 18.4 Å². The van der Waals surface area contributed by atoms with Crippen molar-refractivity contribution in [1.82, 2.24) is 10.3 Å². The number of nitrogens with one attached hydrogen (secondary N) is 1. The van der Waals surface area contributed by atoms with Gasteiger partial charge in [-0.1, -0.05) is 20.8 Å². The van der Waals surface area contributed by atoms with Gasteiger partial charge in [0.25, 0.3) is 5.91 Å². The van der Waals surface area contributed by atoms with Crippen molar-refractivity contribution in [1.29, 1.82) is 0 Å². The van der Waals surface area contributed by atoms with Gasteiger partial charge in [-0.25, -0.2) is 0 Å². The van der Waals surface area contributed by atoms with Gasteiger partial charge >= 0.3 is 0 Å². The Bertz CT molecular complexity index is 382. The fraction of sp³-hybridized carbons (Fsp3) is 0.500. The van der Waals surface area contributed by atoms with Gasteiger partial charge in [0.2, 0.25) is 0 Å². The second-order valence-electron chi connectivity index (χ2n) is 5.02. The predicted octanol–water partition coefficient (Wildman–Crippen LogP) is 1.83. The molecule has 1 atom stereocenters. The molecule has 1 aromatic rings. The molecule has 0 bridgehead atoms. The monoisotopic (exact) mass is 221 g/mol. The van der Waals surface area contributed by atoms with Crippen LogP contribution in [0.2, 0.25) is 0 Å². The number of nitrogens with two attached hydrogens (primary N) is 1. The number of hydrogen-bond donors (Lipinski definition) is 2. The van der Waals surface area contributed by atoms with E-state index in [4.69, 9.17) is 5.73 Å². The molecule has 0 saturated carbocycles. The van der Waals surface area contributed by atoms with Crippen LogP contribution in [0, 0.1) is 5.41 Å². The molecule has 16 heavy (non-hydrogen) atoms. The summed E-state index contributed by atoms with van der Waals surface area (Å²) in [5, 5.41) is 2.93. The van der Waals surface area contributed by atoms with Crippen LogP contribution in [0.15, 0.2) is 18.5 Å². The number of nitrogen functional groups attached to an aromatic ring is 1. The molecule has 0 radical (unpaired) electrons. The van der Waals surface area contributed by atoms with E-state index in [1.807, 2.05) is 6.92 Å². The Labute approximate surface area is 96.3 Å². The molecule has 0 aliphatic rings. The number of carbonyl (C=O) groups excluding carboxylic acids is 1. The highest BCUT2D eigenvalue weighted by Crippen LogP contribution is 2.19. The van der Waals surface area contributed by atoms with Crippen LogP contribution in [-0.2, 0) is 0 Å². The molecule has 0 aliphatic carbocycles. The van der Waals surface area contributed by atoms with E-state index in [9.17, 15) is 4.79 Å². The van der Waals surface area contributed by atoms with Crippen LogP contribution in [0.3, 0.4) is 0 Å². The molecule has 1 unspecified atom stereocenters. The molecule has 1 aromatic heterocycles. The SMILES string of the molecule is CC(NC(=O)c1ccncc1N)C(C)(C)C. The third-order valence-electron chi connectivity index (χ3n) is 2.74. The summed E-state index contributed by atoms with van der Waals surface area (Å²) in [6.07, 6.45) is 3.05. The van der Waals surface area contributed by atoms with Crippen molar-refractivity contribution in [2.24, 2.45) is 5.41 Å². The highest BCUT2D eigenvalue weighted by molar-refractivity contribution is 5.98. The fourth-order valence-corrected chi connectivity index (χ4v) is 1.10. The molecular formula is C12H19N3O. The first kappa shape index (κ1) is 12.5. The molecule has 4 nitrogen and oxygen atoms in total. The normalized spacial score (nSPS) is 13.2. The van der Waals surface area contributed by atoms with Gasteiger partial charge in [-0.15, -0.1) is 0 Å². The number of aromatic nitrogens is 1. The fourth-order valence-electron chi connectivity index (χ4n) is 1.10. The number of hydrogen-bond acceptors (Lipinski definition) is 3. The van der Waals surface area contributed by atoms with Crippen molar-refractivity contribution < 1.29 is 4.79 Å². The predicted molar refractivity (Wildman–Crippen MR) is 65.0 cm³/mol. The van der Waals surface area contributed by atoms with Crippen LogP contribution in [0.5, 0.6) is 0 Å². The van der Waals surface area contributed by atoms with E-state index < -0.39 is 0 Å². The molecule has 3 N–H and O–H groups in total. The number of rotatable bonds is 2. The first-order valence-electron chi connectivity index (χ1n) is 5.32. The smallest absolute Gasteiger partial charge is 0.253 e. The summed E-state index contributed by atoms with van der Waals surface area (Å²) in [5.41, 5.74) is 6.59. The van der Waals surface area contributed by atoms with Crippen LogP contribution in [0.4, 0.5) is 5.69 Å². The van der Waals surface area contributed by atoms with Gasteiger partial charge in [-0.3, -0.25) is 9.78 Å². The van der Waals surface area contributed by atoms with E-state index in [2.05, 4.69) is 31.1 Å². The van der Waals surface area contributed by atoms with Crippen molar-refractivity contribution in [3.63, 3.8) is 0 Å². The first-order chi connectivity index (χ1) is 7.32. The van der Waals surface area contributed by atoms with Crippen LogP contribution in [0.1, 0.15) is 38.1 Å². The minimum Gasteiger partial charge on any atom is -0.397 e. The molecule has 0 spiro atoms. The summed E-state index contributed by atoms with van der Waals surface area (Å²) in [6.45, 7) is 8.21. The van der Waals surface area contributed by atoms with Crippen molar-refractivity contribution in [3.8, 4) is 0 Å². The third-order valence-corrected chi connectivity index (χ3v) is 2.74. The lowest BCUT2D eigenvalue weighted by atomic mass is 9.88. The zero-order valence-corrected chi connectivity index (χ0v) is 10.2. The zero-order chi connectivity index (χ0) is 12.3. The summed E-state index contributed by atoms with van der Waals surface area (Å²) in [5.74, 6) is -0.151. The molecular weight excluding hydrogens is 202 g/mol. The third kappa shape index (κ3) is 2.95. The minimum atomic E-state index is -0.151. The van der Waals surface area contributed by atoms with Gasteiger partial charge in [-0.2, -0.15) is 0 Å². The molecule has 1 amide bonds. The Morgan fingerprint density at radius 2 is 2.12 bits per heavy atom. The Balaban J connectivity index is 2.78. The molecule has 1 heterocycles. The highest BCUT2D eigenvalue weighted by atomic mass is 16.1. The standard InChI is InChI=1S/C12H19N3O/c1-8(12(2,3)4)15-11(16)9-5-6-14-7-10(9)13/h5-8H,13H2,1-4H3,(H,15,16). The molecule has 0 aromatic carbocycles. The van der Waals surface area contributed by atoms with Crippen LogP contribution >= 0.6 is 0 Å². The molecule has 88 valence electrons. The average Bonchev–Trinajstić information content (AvgIpc) is 2.16. The van der Waals surface area contributed by atoms with Crippen LogP contribution < -0.4 is 11.1 Å². The number of amides is 1. The Morgan fingerprint density at radius 3 is 2.62 bits per heavy atom. The second-order valence-corrected chi connectivity index (χ2v) is 5.02. The van der Waals surface area contributed by atoms with Gasteiger partial charge in [0, 0.05) is 12.2 Å². The molecule has 1 rings (SSSR count). The van der Waals surface area contributed by atoms with Crippen molar-refractivity contribution in [2.45, 2.75) is 33.7 Å². The van der Waals surface area contributed by atoms with Gasteiger partial charge in [0.15, 0.2) is 0 Å². The first-order valence-corrected chi connectivity index (χ1v) is 5.32. The van der Waals surface area contributed by atoms with E-state index in [-0.39, 0.29) is 17.4 Å². The van der Waals surface area contributed by atoms with E-state index in [1.54, 1.807) is 12.3 Å². The average molecular weight is 221 g/mol. The lowest BCUT2D eigenvalue weighted by molar-refractivity contribution is 0.0911. The van der Waals surface area contributed by atoms with Gasteiger partial charge in [0.05, 0.1) is 17.4 Å². The van der Waals surface area contributed by atoms with E-state index in [1.165, 1.54) is 6.20 Å². The summed E-state index contributed by atoms with van der Waals surface area (Å²) < 4.78 is 0. The summed E-state index contributed by atoms with van der Waals surface area (Å²) >= 11 is 0. The Kier molecular flexibility index (Phi) is 3.52. The highest BCUT2D eigenvalue weighted by Gasteiger charge is 2.22. The lowest BCUT2D eigenvalue weighted by Crippen LogP contribution is -2.41. The van der Waals surface area contributed by atoms with Crippen molar-refractivity contribution in [3.05, 3.63) is 24.0 Å². The molecule has 0 aliphatic heterocycles. The molecule has 0 saturated heterocycles. The van der Waals surface area contributed by atoms with Gasteiger partial charge in [0.1, 0.15) is 0 Å². The largest absolute Gasteiger partial charge is 0.397 e. The Hall–Kier alpha value is -1.58. The zero-order valence-electron chi connectivity index (χ0n) is 10.2. The topological polar surface area (TPSA) is 68.0 Å². The van der Waals surface area contributed by atoms with E-state index in [0.29, 0.717) is 11.3 Å². The summed E-state index contributed by atoms with van der Waals surface area (Å²) in [4.78, 5) is 15.8. The summed E-state index contributed by atoms with van der Waals surface area (Å²) in [7, 11) is 0. The maximum atomic E-state index is 11.9. The molecule has 0 fully saturated rings. The minimum absolute atomic E-state index is 0.0253. The number of nitrogens with zero attached hydrogens (tertiary/aromatic N) is 1. The van der Waals surface area contributed by atoms with E-state index >= 15 is 0 Å². The van der Waals surface area contributed by atoms with Gasteiger partial charge < -0.3 is 11.1 Å². The number of carbonyl (C=O) groups is 1. The molecule has 4 heteroatoms.